The number of carbonyl (C=O) groups excluding carboxylic acids is 1. The summed E-state index contributed by atoms with van der Waals surface area (Å²) in [6, 6.07) is 0. The van der Waals surface area contributed by atoms with Crippen LogP contribution in [0.5, 0.6) is 0 Å². The summed E-state index contributed by atoms with van der Waals surface area (Å²) in [7, 11) is 0. The Balaban J connectivity index is 1.84. The van der Waals surface area contributed by atoms with Crippen molar-refractivity contribution in [2.75, 3.05) is 26.2 Å². The fraction of sp³-hybridized carbons (Fsp3) is 0.833. The Bertz CT molecular complexity index is 318. The minimum Gasteiger partial charge on any atom is -0.481 e. The van der Waals surface area contributed by atoms with Crippen LogP contribution in [0.1, 0.15) is 26.2 Å². The van der Waals surface area contributed by atoms with E-state index in [1.807, 2.05) is 6.92 Å². The molecular weight excluding hydrogens is 220 g/mol. The average Bonchev–Trinajstić information content (AvgIpc) is 2.22. The number of hydrogen-bond donors (Lipinski definition) is 2. The molecule has 96 valence electrons. The minimum atomic E-state index is -0.771. The number of carbonyl (C=O) groups is 2. The van der Waals surface area contributed by atoms with Crippen molar-refractivity contribution in [1.82, 2.24) is 10.2 Å². The van der Waals surface area contributed by atoms with Gasteiger partial charge in [-0.15, -0.1) is 0 Å². The van der Waals surface area contributed by atoms with Crippen LogP contribution in [-0.4, -0.2) is 48.1 Å². The molecule has 2 aliphatic heterocycles. The topological polar surface area (TPSA) is 69.6 Å². The van der Waals surface area contributed by atoms with Crippen LogP contribution in [0.2, 0.25) is 0 Å². The molecule has 1 atom stereocenters. The molecule has 0 saturated carbocycles. The second-order valence-electron chi connectivity index (χ2n) is 5.52. The van der Waals surface area contributed by atoms with Crippen molar-refractivity contribution in [2.24, 2.45) is 11.3 Å². The summed E-state index contributed by atoms with van der Waals surface area (Å²) < 4.78 is 0. The quantitative estimate of drug-likeness (QED) is 0.745. The summed E-state index contributed by atoms with van der Waals surface area (Å²) >= 11 is 0. The summed E-state index contributed by atoms with van der Waals surface area (Å²) in [6.45, 7) is 4.96. The highest BCUT2D eigenvalue weighted by molar-refractivity contribution is 5.83. The number of aliphatic carboxylic acids is 1. The second kappa shape index (κ2) is 4.64. The molecule has 0 radical (unpaired) electrons. The average molecular weight is 240 g/mol. The molecule has 0 aliphatic carbocycles. The Morgan fingerprint density at radius 2 is 2.18 bits per heavy atom. The Hall–Kier alpha value is -1.10. The molecule has 0 spiro atoms. The summed E-state index contributed by atoms with van der Waals surface area (Å²) in [5.41, 5.74) is -0.285. The number of amides is 1. The molecule has 2 aliphatic rings. The first-order valence-corrected chi connectivity index (χ1v) is 6.23. The van der Waals surface area contributed by atoms with E-state index in [1.165, 1.54) is 0 Å². The van der Waals surface area contributed by atoms with Crippen LogP contribution in [0.4, 0.5) is 0 Å². The fourth-order valence-corrected chi connectivity index (χ4v) is 2.73. The van der Waals surface area contributed by atoms with Gasteiger partial charge in [-0.25, -0.2) is 0 Å². The van der Waals surface area contributed by atoms with E-state index >= 15 is 0 Å². The predicted octanol–water partition coefficient (Wildman–Crippen LogP) is 0.309. The lowest BCUT2D eigenvalue weighted by molar-refractivity contribution is -0.152. The van der Waals surface area contributed by atoms with Crippen molar-refractivity contribution in [3.05, 3.63) is 0 Å². The van der Waals surface area contributed by atoms with Gasteiger partial charge in [0.2, 0.25) is 5.91 Å². The van der Waals surface area contributed by atoms with Gasteiger partial charge < -0.3 is 15.3 Å². The number of piperidine rings is 1. The molecule has 0 aromatic carbocycles. The van der Waals surface area contributed by atoms with Gasteiger partial charge in [0, 0.05) is 25.6 Å². The SMILES string of the molecule is CC1(C(=O)N2CC(CC(=O)O)C2)CCCNC1. The Morgan fingerprint density at radius 1 is 1.47 bits per heavy atom. The number of carboxylic acids is 1. The third-order valence-corrected chi connectivity index (χ3v) is 3.82. The second-order valence-corrected chi connectivity index (χ2v) is 5.52. The van der Waals surface area contributed by atoms with Crippen molar-refractivity contribution in [1.29, 1.82) is 0 Å². The lowest BCUT2D eigenvalue weighted by Gasteiger charge is -2.45. The van der Waals surface area contributed by atoms with E-state index in [0.29, 0.717) is 13.1 Å². The van der Waals surface area contributed by atoms with E-state index in [0.717, 1.165) is 25.9 Å². The van der Waals surface area contributed by atoms with Crippen molar-refractivity contribution >= 4 is 11.9 Å². The van der Waals surface area contributed by atoms with E-state index in [-0.39, 0.29) is 23.7 Å². The van der Waals surface area contributed by atoms with Crippen molar-refractivity contribution in [2.45, 2.75) is 26.2 Å². The number of likely N-dealkylation sites (tertiary alicyclic amines) is 1. The van der Waals surface area contributed by atoms with Gasteiger partial charge in [0.25, 0.3) is 0 Å². The largest absolute Gasteiger partial charge is 0.481 e. The Labute approximate surface area is 101 Å². The van der Waals surface area contributed by atoms with Crippen LogP contribution in [0, 0.1) is 11.3 Å². The monoisotopic (exact) mass is 240 g/mol. The van der Waals surface area contributed by atoms with Gasteiger partial charge >= 0.3 is 5.97 Å². The standard InChI is InChI=1S/C12H20N2O3/c1-12(3-2-4-13-8-12)11(17)14-6-9(7-14)5-10(15)16/h9,13H,2-8H2,1H3,(H,15,16). The molecule has 0 aromatic rings. The first-order chi connectivity index (χ1) is 8.01. The van der Waals surface area contributed by atoms with Gasteiger partial charge in [-0.2, -0.15) is 0 Å². The van der Waals surface area contributed by atoms with Crippen LogP contribution < -0.4 is 5.32 Å². The van der Waals surface area contributed by atoms with Crippen molar-refractivity contribution < 1.29 is 14.7 Å². The summed E-state index contributed by atoms with van der Waals surface area (Å²) in [6.07, 6.45) is 2.15. The van der Waals surface area contributed by atoms with Crippen molar-refractivity contribution in [3.63, 3.8) is 0 Å². The highest BCUT2D eigenvalue weighted by Gasteiger charge is 2.42. The zero-order valence-corrected chi connectivity index (χ0v) is 10.2. The molecule has 5 heteroatoms. The van der Waals surface area contributed by atoms with E-state index in [2.05, 4.69) is 5.32 Å². The van der Waals surface area contributed by atoms with Crippen LogP contribution in [-0.2, 0) is 9.59 Å². The number of nitrogens with one attached hydrogen (secondary N) is 1. The van der Waals surface area contributed by atoms with Crippen LogP contribution >= 0.6 is 0 Å². The van der Waals surface area contributed by atoms with Gasteiger partial charge in [-0.1, -0.05) is 0 Å². The van der Waals surface area contributed by atoms with Gasteiger partial charge in [-0.3, -0.25) is 9.59 Å². The molecule has 17 heavy (non-hydrogen) atoms. The molecule has 2 N–H and O–H groups in total. The third-order valence-electron chi connectivity index (χ3n) is 3.82. The molecule has 2 fully saturated rings. The van der Waals surface area contributed by atoms with Gasteiger partial charge in [0.15, 0.2) is 0 Å². The molecule has 2 saturated heterocycles. The van der Waals surface area contributed by atoms with E-state index in [1.54, 1.807) is 4.90 Å². The molecule has 2 heterocycles. The number of carboxylic acid groups (broad SMARTS) is 1. The maximum absolute atomic E-state index is 12.3. The van der Waals surface area contributed by atoms with Gasteiger partial charge in [0.1, 0.15) is 0 Å². The van der Waals surface area contributed by atoms with Gasteiger partial charge in [0.05, 0.1) is 11.8 Å². The molecular formula is C12H20N2O3. The Morgan fingerprint density at radius 3 is 2.71 bits per heavy atom. The zero-order chi connectivity index (χ0) is 12.5. The van der Waals surface area contributed by atoms with Crippen molar-refractivity contribution in [3.8, 4) is 0 Å². The first kappa shape index (κ1) is 12.4. The molecule has 0 aromatic heterocycles. The third kappa shape index (κ3) is 2.60. The smallest absolute Gasteiger partial charge is 0.303 e. The lowest BCUT2D eigenvalue weighted by Crippen LogP contribution is -2.58. The van der Waals surface area contributed by atoms with Crippen LogP contribution in [0.3, 0.4) is 0 Å². The molecule has 1 amide bonds. The first-order valence-electron chi connectivity index (χ1n) is 6.23. The highest BCUT2D eigenvalue weighted by atomic mass is 16.4. The zero-order valence-electron chi connectivity index (χ0n) is 10.2. The number of nitrogens with zero attached hydrogens (tertiary/aromatic N) is 1. The lowest BCUT2D eigenvalue weighted by atomic mass is 9.79. The van der Waals surface area contributed by atoms with E-state index in [9.17, 15) is 9.59 Å². The maximum atomic E-state index is 12.3. The molecule has 2 rings (SSSR count). The summed E-state index contributed by atoms with van der Waals surface area (Å²) in [4.78, 5) is 24.6. The minimum absolute atomic E-state index is 0.150. The normalized spacial score (nSPS) is 29.8. The van der Waals surface area contributed by atoms with Gasteiger partial charge in [-0.05, 0) is 26.3 Å². The molecule has 5 nitrogen and oxygen atoms in total. The van der Waals surface area contributed by atoms with E-state index in [4.69, 9.17) is 5.11 Å². The van der Waals surface area contributed by atoms with E-state index < -0.39 is 5.97 Å². The van der Waals surface area contributed by atoms with Crippen LogP contribution in [0.25, 0.3) is 0 Å². The van der Waals surface area contributed by atoms with Crippen LogP contribution in [0.15, 0.2) is 0 Å². The predicted molar refractivity (Wildman–Crippen MR) is 62.5 cm³/mol. The molecule has 0 bridgehead atoms. The summed E-state index contributed by atoms with van der Waals surface area (Å²) in [5.74, 6) is -0.435. The molecule has 1 unspecified atom stereocenters. The number of rotatable bonds is 3. The highest BCUT2D eigenvalue weighted by Crippen LogP contribution is 2.31. The number of hydrogen-bond acceptors (Lipinski definition) is 3. The fourth-order valence-electron chi connectivity index (χ4n) is 2.73. The summed E-state index contributed by atoms with van der Waals surface area (Å²) in [5, 5.41) is 11.9. The Kier molecular flexibility index (Phi) is 3.38. The maximum Gasteiger partial charge on any atom is 0.303 e.